The number of fused-ring (bicyclic) bond motifs is 1. The Bertz CT molecular complexity index is 478. The Hall–Kier alpha value is -2.02. The standard InChI is InChI=1S/C9H8N4/c1-6-2-3-7-8(4-6)13-9(12-7)11-5-10/h2-4H,1H3,(H2,11,12,13). The van der Waals surface area contributed by atoms with Crippen LogP contribution in [0.3, 0.4) is 0 Å². The normalized spacial score (nSPS) is 9.85. The van der Waals surface area contributed by atoms with E-state index in [1.165, 1.54) is 5.56 Å². The summed E-state index contributed by atoms with van der Waals surface area (Å²) in [6.45, 7) is 2.01. The Morgan fingerprint density at radius 2 is 2.38 bits per heavy atom. The van der Waals surface area contributed by atoms with Gasteiger partial charge in [0.05, 0.1) is 11.0 Å². The van der Waals surface area contributed by atoms with E-state index in [0.717, 1.165) is 11.0 Å². The number of H-pyrrole nitrogens is 1. The van der Waals surface area contributed by atoms with Gasteiger partial charge in [0.2, 0.25) is 5.95 Å². The van der Waals surface area contributed by atoms with E-state index in [0.29, 0.717) is 5.95 Å². The third-order valence-corrected chi connectivity index (χ3v) is 1.81. The molecule has 0 saturated carbocycles. The van der Waals surface area contributed by atoms with Gasteiger partial charge in [-0.2, -0.15) is 5.26 Å². The molecule has 1 heterocycles. The van der Waals surface area contributed by atoms with Crippen LogP contribution in [0.2, 0.25) is 0 Å². The average molecular weight is 172 g/mol. The third-order valence-electron chi connectivity index (χ3n) is 1.81. The maximum atomic E-state index is 8.38. The van der Waals surface area contributed by atoms with Crippen LogP contribution in [-0.2, 0) is 0 Å². The van der Waals surface area contributed by atoms with E-state index in [9.17, 15) is 0 Å². The molecule has 0 unspecified atom stereocenters. The van der Waals surface area contributed by atoms with Crippen LogP contribution >= 0.6 is 0 Å². The largest absolute Gasteiger partial charge is 0.323 e. The van der Waals surface area contributed by atoms with Gasteiger partial charge in [-0.3, -0.25) is 5.32 Å². The molecule has 0 amide bonds. The van der Waals surface area contributed by atoms with Crippen LogP contribution in [0.15, 0.2) is 18.2 Å². The number of imidazole rings is 1. The lowest BCUT2D eigenvalue weighted by atomic mass is 10.2. The van der Waals surface area contributed by atoms with Crippen LogP contribution in [-0.4, -0.2) is 9.97 Å². The molecular formula is C9H8N4. The molecule has 4 heteroatoms. The van der Waals surface area contributed by atoms with E-state index in [4.69, 9.17) is 5.26 Å². The second kappa shape index (κ2) is 2.79. The first-order valence-corrected chi connectivity index (χ1v) is 3.91. The zero-order valence-corrected chi connectivity index (χ0v) is 7.13. The summed E-state index contributed by atoms with van der Waals surface area (Å²) < 4.78 is 0. The highest BCUT2D eigenvalue weighted by Crippen LogP contribution is 2.15. The lowest BCUT2D eigenvalue weighted by molar-refractivity contribution is 1.30. The van der Waals surface area contributed by atoms with Gasteiger partial charge in [-0.15, -0.1) is 0 Å². The SMILES string of the molecule is Cc1ccc2nc(NC#N)[nH]c2c1. The van der Waals surface area contributed by atoms with Crippen LogP contribution in [0.25, 0.3) is 11.0 Å². The number of hydrogen-bond donors (Lipinski definition) is 2. The molecule has 0 spiro atoms. The summed E-state index contributed by atoms with van der Waals surface area (Å²) in [7, 11) is 0. The molecule has 2 rings (SSSR count). The van der Waals surface area contributed by atoms with Gasteiger partial charge in [0, 0.05) is 0 Å². The van der Waals surface area contributed by atoms with Gasteiger partial charge in [0.1, 0.15) is 0 Å². The number of nitrogens with zero attached hydrogens (tertiary/aromatic N) is 2. The molecule has 0 atom stereocenters. The third kappa shape index (κ3) is 1.32. The predicted molar refractivity (Wildman–Crippen MR) is 50.1 cm³/mol. The van der Waals surface area contributed by atoms with Gasteiger partial charge in [0.15, 0.2) is 6.19 Å². The highest BCUT2D eigenvalue weighted by atomic mass is 15.1. The fourth-order valence-electron chi connectivity index (χ4n) is 1.24. The van der Waals surface area contributed by atoms with Crippen LogP contribution in [0, 0.1) is 18.4 Å². The van der Waals surface area contributed by atoms with Gasteiger partial charge in [-0.05, 0) is 24.6 Å². The molecule has 4 nitrogen and oxygen atoms in total. The molecule has 64 valence electrons. The van der Waals surface area contributed by atoms with Crippen molar-refractivity contribution in [2.75, 3.05) is 5.32 Å². The molecule has 0 aliphatic rings. The van der Waals surface area contributed by atoms with Crippen molar-refractivity contribution < 1.29 is 0 Å². The second-order valence-corrected chi connectivity index (χ2v) is 2.84. The molecule has 13 heavy (non-hydrogen) atoms. The topological polar surface area (TPSA) is 64.5 Å². The number of rotatable bonds is 1. The summed E-state index contributed by atoms with van der Waals surface area (Å²) in [5, 5.41) is 10.8. The van der Waals surface area contributed by atoms with Crippen molar-refractivity contribution in [3.8, 4) is 6.19 Å². The Balaban J connectivity index is 2.57. The second-order valence-electron chi connectivity index (χ2n) is 2.84. The Morgan fingerprint density at radius 3 is 3.15 bits per heavy atom. The summed E-state index contributed by atoms with van der Waals surface area (Å²) in [6, 6.07) is 5.90. The number of benzene rings is 1. The van der Waals surface area contributed by atoms with E-state index in [1.807, 2.05) is 31.3 Å². The Morgan fingerprint density at radius 1 is 1.54 bits per heavy atom. The van der Waals surface area contributed by atoms with Crippen LogP contribution in [0.1, 0.15) is 5.56 Å². The molecule has 2 aromatic rings. The van der Waals surface area contributed by atoms with Crippen molar-refractivity contribution in [3.63, 3.8) is 0 Å². The number of aromatic nitrogens is 2. The van der Waals surface area contributed by atoms with E-state index in [-0.39, 0.29) is 0 Å². The van der Waals surface area contributed by atoms with Crippen LogP contribution in [0.5, 0.6) is 0 Å². The number of aromatic amines is 1. The van der Waals surface area contributed by atoms with Crippen molar-refractivity contribution >= 4 is 17.0 Å². The van der Waals surface area contributed by atoms with Gasteiger partial charge in [-0.25, -0.2) is 4.98 Å². The molecule has 1 aromatic carbocycles. The number of nitrogens with one attached hydrogen (secondary N) is 2. The number of aryl methyl sites for hydroxylation is 1. The van der Waals surface area contributed by atoms with Gasteiger partial charge in [-0.1, -0.05) is 6.07 Å². The van der Waals surface area contributed by atoms with Gasteiger partial charge >= 0.3 is 0 Å². The summed E-state index contributed by atoms with van der Waals surface area (Å²) >= 11 is 0. The van der Waals surface area contributed by atoms with Crippen molar-refractivity contribution in [2.24, 2.45) is 0 Å². The predicted octanol–water partition coefficient (Wildman–Crippen LogP) is 1.76. The first kappa shape index (κ1) is 7.62. The minimum atomic E-state index is 0.489. The number of anilines is 1. The fraction of sp³-hybridized carbons (Fsp3) is 0.111. The lowest BCUT2D eigenvalue weighted by Crippen LogP contribution is -1.87. The van der Waals surface area contributed by atoms with E-state index < -0.39 is 0 Å². The zero-order valence-electron chi connectivity index (χ0n) is 7.13. The van der Waals surface area contributed by atoms with Crippen LogP contribution < -0.4 is 5.32 Å². The van der Waals surface area contributed by atoms with Crippen LogP contribution in [0.4, 0.5) is 5.95 Å². The first-order valence-electron chi connectivity index (χ1n) is 3.91. The summed E-state index contributed by atoms with van der Waals surface area (Å²) in [4.78, 5) is 7.15. The molecule has 0 radical (unpaired) electrons. The molecule has 1 aromatic heterocycles. The Kier molecular flexibility index (Phi) is 1.64. The molecular weight excluding hydrogens is 164 g/mol. The quantitative estimate of drug-likeness (QED) is 0.509. The van der Waals surface area contributed by atoms with E-state index >= 15 is 0 Å². The fourth-order valence-corrected chi connectivity index (χ4v) is 1.24. The average Bonchev–Trinajstić information content (AvgIpc) is 2.46. The Labute approximate surface area is 75.2 Å². The lowest BCUT2D eigenvalue weighted by Gasteiger charge is -1.89. The monoisotopic (exact) mass is 172 g/mol. The van der Waals surface area contributed by atoms with Gasteiger partial charge < -0.3 is 4.98 Å². The molecule has 0 saturated heterocycles. The molecule has 0 bridgehead atoms. The number of hydrogen-bond acceptors (Lipinski definition) is 3. The molecule has 0 aliphatic carbocycles. The van der Waals surface area contributed by atoms with Crippen molar-refractivity contribution in [3.05, 3.63) is 23.8 Å². The van der Waals surface area contributed by atoms with E-state index in [1.54, 1.807) is 0 Å². The maximum Gasteiger partial charge on any atom is 0.214 e. The highest BCUT2D eigenvalue weighted by molar-refractivity contribution is 5.78. The zero-order chi connectivity index (χ0) is 9.26. The smallest absolute Gasteiger partial charge is 0.214 e. The van der Waals surface area contributed by atoms with Crippen molar-refractivity contribution in [1.29, 1.82) is 5.26 Å². The molecule has 2 N–H and O–H groups in total. The summed E-state index contributed by atoms with van der Waals surface area (Å²) in [5.74, 6) is 0.489. The molecule has 0 fully saturated rings. The minimum absolute atomic E-state index is 0.489. The maximum absolute atomic E-state index is 8.38. The van der Waals surface area contributed by atoms with Crippen molar-refractivity contribution in [2.45, 2.75) is 6.92 Å². The van der Waals surface area contributed by atoms with E-state index in [2.05, 4.69) is 15.3 Å². The van der Waals surface area contributed by atoms with Crippen molar-refractivity contribution in [1.82, 2.24) is 9.97 Å². The first-order chi connectivity index (χ1) is 6.29. The summed E-state index contributed by atoms with van der Waals surface area (Å²) in [6.07, 6.45) is 1.82. The minimum Gasteiger partial charge on any atom is -0.323 e. The highest BCUT2D eigenvalue weighted by Gasteiger charge is 2.00. The summed E-state index contributed by atoms with van der Waals surface area (Å²) in [5.41, 5.74) is 2.97. The van der Waals surface area contributed by atoms with Gasteiger partial charge in [0.25, 0.3) is 0 Å². The molecule has 0 aliphatic heterocycles. The number of nitriles is 1.